The summed E-state index contributed by atoms with van der Waals surface area (Å²) in [5.41, 5.74) is 0.895. The molecule has 2 amide bonds. The van der Waals surface area contributed by atoms with Crippen molar-refractivity contribution in [3.8, 4) is 17.2 Å². The molecule has 0 spiro atoms. The maximum Gasteiger partial charge on any atom is 0.259 e. The van der Waals surface area contributed by atoms with E-state index in [0.717, 1.165) is 9.87 Å². The highest BCUT2D eigenvalue weighted by Gasteiger charge is 2.24. The van der Waals surface area contributed by atoms with E-state index in [0.29, 0.717) is 11.5 Å². The lowest BCUT2D eigenvalue weighted by atomic mass is 10.1. The Labute approximate surface area is 194 Å². The van der Waals surface area contributed by atoms with Gasteiger partial charge in [-0.15, -0.1) is 0 Å². The molecule has 0 saturated carbocycles. The van der Waals surface area contributed by atoms with Crippen molar-refractivity contribution >= 4 is 21.8 Å². The van der Waals surface area contributed by atoms with Crippen LogP contribution in [0.4, 0.5) is 0 Å². The highest BCUT2D eigenvalue weighted by atomic mass is 32.2. The number of hydrogen-bond acceptors (Lipinski definition) is 7. The number of benzene rings is 2. The van der Waals surface area contributed by atoms with Crippen molar-refractivity contribution in [3.05, 3.63) is 47.5 Å². The fraction of sp³-hybridized carbons (Fsp3) is 0.364. The number of carbonyl (C=O) groups excluding carboxylic acids is 2. The third kappa shape index (κ3) is 6.36. The van der Waals surface area contributed by atoms with Gasteiger partial charge in [-0.1, -0.05) is 6.07 Å². The van der Waals surface area contributed by atoms with Crippen LogP contribution in [-0.2, 0) is 21.4 Å². The van der Waals surface area contributed by atoms with E-state index < -0.39 is 15.9 Å². The number of rotatable bonds is 10. The van der Waals surface area contributed by atoms with Crippen LogP contribution in [0.2, 0.25) is 0 Å². The van der Waals surface area contributed by atoms with Crippen LogP contribution in [-0.4, -0.2) is 78.5 Å². The van der Waals surface area contributed by atoms with Crippen molar-refractivity contribution in [1.82, 2.24) is 14.5 Å². The van der Waals surface area contributed by atoms with Crippen molar-refractivity contribution < 1.29 is 32.2 Å². The second-order valence-corrected chi connectivity index (χ2v) is 9.52. The lowest BCUT2D eigenvalue weighted by molar-refractivity contribution is -0.130. The molecule has 10 nitrogen and oxygen atoms in total. The summed E-state index contributed by atoms with van der Waals surface area (Å²) in [5, 5.41) is 2.75. The molecule has 0 bridgehead atoms. The van der Waals surface area contributed by atoms with Crippen molar-refractivity contribution in [3.63, 3.8) is 0 Å². The Morgan fingerprint density at radius 1 is 0.909 bits per heavy atom. The van der Waals surface area contributed by atoms with E-state index in [1.807, 2.05) is 0 Å². The van der Waals surface area contributed by atoms with Gasteiger partial charge in [0.05, 0.1) is 14.2 Å². The van der Waals surface area contributed by atoms with Gasteiger partial charge in [0.15, 0.2) is 18.1 Å². The SMILES string of the molecule is COc1cc(CNC(=O)c2ccc(OC)c(S(=O)(=O)N(C)C)c2)ccc1OCC(=O)N(C)C. The van der Waals surface area contributed by atoms with E-state index in [1.54, 1.807) is 32.3 Å². The number of sulfonamides is 1. The first-order valence-electron chi connectivity index (χ1n) is 9.90. The van der Waals surface area contributed by atoms with E-state index in [9.17, 15) is 18.0 Å². The minimum Gasteiger partial charge on any atom is -0.495 e. The average molecular weight is 480 g/mol. The van der Waals surface area contributed by atoms with Crippen molar-refractivity contribution in [2.75, 3.05) is 49.0 Å². The Kier molecular flexibility index (Phi) is 8.66. The summed E-state index contributed by atoms with van der Waals surface area (Å²) in [4.78, 5) is 25.7. The largest absolute Gasteiger partial charge is 0.495 e. The molecule has 0 radical (unpaired) electrons. The molecular formula is C22H29N3O7S. The van der Waals surface area contributed by atoms with Gasteiger partial charge in [-0.2, -0.15) is 0 Å². The molecule has 2 rings (SSSR count). The predicted octanol–water partition coefficient (Wildman–Crippen LogP) is 1.35. The molecule has 180 valence electrons. The van der Waals surface area contributed by atoms with Crippen LogP contribution in [0.1, 0.15) is 15.9 Å². The lowest BCUT2D eigenvalue weighted by Crippen LogP contribution is -2.27. The Bertz CT molecular complexity index is 1110. The first kappa shape index (κ1) is 25.9. The van der Waals surface area contributed by atoms with Gasteiger partial charge in [-0.3, -0.25) is 9.59 Å². The summed E-state index contributed by atoms with van der Waals surface area (Å²) in [7, 11) is 5.11. The standard InChI is InChI=1S/C22H29N3O7S/c1-24(2)21(26)14-32-17-9-7-15(11-19(17)31-6)13-23-22(27)16-8-10-18(30-5)20(12-16)33(28,29)25(3)4/h7-12H,13-14H2,1-6H3,(H,23,27). The van der Waals surface area contributed by atoms with Gasteiger partial charge in [0.25, 0.3) is 11.8 Å². The highest BCUT2D eigenvalue weighted by molar-refractivity contribution is 7.89. The molecule has 0 atom stereocenters. The number of carbonyl (C=O) groups is 2. The smallest absolute Gasteiger partial charge is 0.259 e. The van der Waals surface area contributed by atoms with Gasteiger partial charge in [-0.05, 0) is 35.9 Å². The fourth-order valence-electron chi connectivity index (χ4n) is 2.71. The van der Waals surface area contributed by atoms with E-state index in [4.69, 9.17) is 14.2 Å². The predicted molar refractivity (Wildman–Crippen MR) is 122 cm³/mol. The number of amides is 2. The van der Waals surface area contributed by atoms with Crippen LogP contribution in [0.15, 0.2) is 41.3 Å². The van der Waals surface area contributed by atoms with Crippen molar-refractivity contribution in [1.29, 1.82) is 0 Å². The number of ether oxygens (including phenoxy) is 3. The minimum atomic E-state index is -3.80. The topological polar surface area (TPSA) is 114 Å². The third-order valence-electron chi connectivity index (χ3n) is 4.72. The third-order valence-corrected chi connectivity index (χ3v) is 6.55. The highest BCUT2D eigenvalue weighted by Crippen LogP contribution is 2.29. The van der Waals surface area contributed by atoms with Gasteiger partial charge >= 0.3 is 0 Å². The minimum absolute atomic E-state index is 0.0990. The Balaban J connectivity index is 2.15. The van der Waals surface area contributed by atoms with E-state index >= 15 is 0 Å². The molecule has 11 heteroatoms. The number of likely N-dealkylation sites (N-methyl/N-ethyl adjacent to an activating group) is 1. The van der Waals surface area contributed by atoms with Gasteiger partial charge in [0.1, 0.15) is 10.6 Å². The zero-order valence-electron chi connectivity index (χ0n) is 19.5. The summed E-state index contributed by atoms with van der Waals surface area (Å²) in [6.45, 7) is 0.0308. The molecule has 2 aromatic carbocycles. The number of nitrogens with one attached hydrogen (secondary N) is 1. The molecule has 0 heterocycles. The number of nitrogens with zero attached hydrogens (tertiary/aromatic N) is 2. The molecule has 0 saturated heterocycles. The number of methoxy groups -OCH3 is 2. The number of hydrogen-bond donors (Lipinski definition) is 1. The van der Waals surface area contributed by atoms with Crippen LogP contribution in [0.3, 0.4) is 0 Å². The van der Waals surface area contributed by atoms with E-state index in [-0.39, 0.29) is 35.3 Å². The second kappa shape index (κ2) is 11.0. The molecule has 33 heavy (non-hydrogen) atoms. The van der Waals surface area contributed by atoms with Crippen molar-refractivity contribution in [2.24, 2.45) is 0 Å². The fourth-order valence-corrected chi connectivity index (χ4v) is 3.79. The lowest BCUT2D eigenvalue weighted by Gasteiger charge is -2.16. The Morgan fingerprint density at radius 3 is 2.12 bits per heavy atom. The maximum atomic E-state index is 12.7. The zero-order valence-corrected chi connectivity index (χ0v) is 20.4. The molecule has 0 aliphatic heterocycles. The van der Waals surface area contributed by atoms with Crippen LogP contribution < -0.4 is 19.5 Å². The summed E-state index contributed by atoms with van der Waals surface area (Å²) in [5.74, 6) is 0.314. The summed E-state index contributed by atoms with van der Waals surface area (Å²) < 4.78 is 42.2. The van der Waals surface area contributed by atoms with Crippen LogP contribution in [0.5, 0.6) is 17.2 Å². The van der Waals surface area contributed by atoms with Gasteiger partial charge in [-0.25, -0.2) is 12.7 Å². The van der Waals surface area contributed by atoms with E-state index in [1.165, 1.54) is 51.4 Å². The summed E-state index contributed by atoms with van der Waals surface area (Å²) in [6.07, 6.45) is 0. The second-order valence-electron chi connectivity index (χ2n) is 7.40. The molecule has 1 N–H and O–H groups in total. The molecular weight excluding hydrogens is 450 g/mol. The molecule has 0 fully saturated rings. The zero-order chi connectivity index (χ0) is 24.8. The van der Waals surface area contributed by atoms with Crippen LogP contribution in [0, 0.1) is 0 Å². The summed E-state index contributed by atoms with van der Waals surface area (Å²) >= 11 is 0. The average Bonchev–Trinajstić information content (AvgIpc) is 2.80. The van der Waals surface area contributed by atoms with Crippen molar-refractivity contribution in [2.45, 2.75) is 11.4 Å². The Morgan fingerprint density at radius 2 is 1.55 bits per heavy atom. The molecule has 2 aromatic rings. The molecule has 0 unspecified atom stereocenters. The van der Waals surface area contributed by atoms with E-state index in [2.05, 4.69) is 5.32 Å². The molecule has 0 aromatic heterocycles. The Hall–Kier alpha value is -3.31. The van der Waals surface area contributed by atoms with Gasteiger partial charge < -0.3 is 24.4 Å². The normalized spacial score (nSPS) is 11.1. The van der Waals surface area contributed by atoms with Crippen LogP contribution in [0.25, 0.3) is 0 Å². The van der Waals surface area contributed by atoms with Gasteiger partial charge in [0.2, 0.25) is 10.0 Å². The molecule has 0 aliphatic rings. The maximum absolute atomic E-state index is 12.7. The monoisotopic (exact) mass is 479 g/mol. The van der Waals surface area contributed by atoms with Crippen LogP contribution >= 0.6 is 0 Å². The first-order chi connectivity index (χ1) is 15.5. The summed E-state index contributed by atoms with van der Waals surface area (Å²) in [6, 6.07) is 9.28. The first-order valence-corrected chi connectivity index (χ1v) is 11.3. The quantitative estimate of drug-likeness (QED) is 0.547. The molecule has 0 aliphatic carbocycles. The van der Waals surface area contributed by atoms with Gasteiger partial charge in [0, 0.05) is 40.3 Å².